The largest absolute Gasteiger partial charge is 0.358 e. The van der Waals surface area contributed by atoms with Crippen LogP contribution in [0.1, 0.15) is 40.2 Å². The smallest absolute Gasteiger partial charge is 0.0674 e. The lowest BCUT2D eigenvalue weighted by Crippen LogP contribution is -2.23. The number of nitrogens with one attached hydrogen (secondary N) is 1. The number of alkyl halides is 1. The molecule has 0 fully saturated rings. The number of halogens is 1. The lowest BCUT2D eigenvalue weighted by molar-refractivity contribution is 0.545. The Balaban J connectivity index is 1.82. The summed E-state index contributed by atoms with van der Waals surface area (Å²) < 4.78 is 0. The fourth-order valence-corrected chi connectivity index (χ4v) is 3.59. The lowest BCUT2D eigenvalue weighted by atomic mass is 9.81. The minimum absolute atomic E-state index is 0.0215. The number of para-hydroxylation sites is 1. The summed E-state index contributed by atoms with van der Waals surface area (Å²) in [6.07, 6.45) is 10.4. The third kappa shape index (κ3) is 3.19. The van der Waals surface area contributed by atoms with Crippen molar-refractivity contribution < 1.29 is 0 Å². The molecule has 0 amide bonds. The van der Waals surface area contributed by atoms with Gasteiger partial charge in [-0.3, -0.25) is 4.99 Å². The van der Waals surface area contributed by atoms with Gasteiger partial charge < -0.3 is 5.32 Å². The van der Waals surface area contributed by atoms with Crippen molar-refractivity contribution in [1.29, 1.82) is 0 Å². The Bertz CT molecular complexity index is 864. The zero-order chi connectivity index (χ0) is 18.9. The van der Waals surface area contributed by atoms with Crippen molar-refractivity contribution in [2.24, 2.45) is 10.4 Å². The van der Waals surface area contributed by atoms with E-state index in [9.17, 15) is 0 Å². The highest BCUT2D eigenvalue weighted by Gasteiger charge is 2.34. The number of fused-ring (bicyclic) bond motifs is 1. The van der Waals surface area contributed by atoms with E-state index in [4.69, 9.17) is 16.6 Å². The van der Waals surface area contributed by atoms with Gasteiger partial charge >= 0.3 is 0 Å². The molecular weight excluding hydrogens is 340 g/mol. The zero-order valence-corrected chi connectivity index (χ0v) is 17.0. The van der Waals surface area contributed by atoms with Crippen molar-refractivity contribution in [2.75, 3.05) is 5.88 Å². The average molecular weight is 367 g/mol. The Morgan fingerprint density at radius 3 is 2.50 bits per heavy atom. The van der Waals surface area contributed by atoms with Crippen molar-refractivity contribution in [1.82, 2.24) is 5.32 Å². The standard InChI is InChI=1S/C23H27ClN2/c1-16-18(12-9-15-24)25-20(22(16,2)3)13-8-14-21-23(4,5)17-10-6-7-11-19(17)26-21/h6-14,25H,15H2,1-5H3/b12-9-,14-8+,20-13+. The van der Waals surface area contributed by atoms with Gasteiger partial charge in [0.15, 0.2) is 0 Å². The van der Waals surface area contributed by atoms with E-state index in [1.165, 1.54) is 16.8 Å². The maximum Gasteiger partial charge on any atom is 0.0674 e. The van der Waals surface area contributed by atoms with Gasteiger partial charge in [-0.15, -0.1) is 11.6 Å². The summed E-state index contributed by atoms with van der Waals surface area (Å²) in [7, 11) is 0. The van der Waals surface area contributed by atoms with Gasteiger partial charge in [-0.25, -0.2) is 0 Å². The second-order valence-electron chi connectivity index (χ2n) is 7.92. The zero-order valence-electron chi connectivity index (χ0n) is 16.2. The highest BCUT2D eigenvalue weighted by atomic mass is 35.5. The number of rotatable bonds is 4. The molecule has 3 heteroatoms. The van der Waals surface area contributed by atoms with Crippen molar-refractivity contribution in [2.45, 2.75) is 40.0 Å². The molecule has 136 valence electrons. The molecule has 0 spiro atoms. The highest BCUT2D eigenvalue weighted by molar-refractivity contribution is 6.18. The van der Waals surface area contributed by atoms with Crippen molar-refractivity contribution >= 4 is 23.0 Å². The van der Waals surface area contributed by atoms with Gasteiger partial charge in [0.25, 0.3) is 0 Å². The Labute approximate surface area is 162 Å². The summed E-state index contributed by atoms with van der Waals surface area (Å²) in [6, 6.07) is 8.38. The van der Waals surface area contributed by atoms with E-state index in [0.717, 1.165) is 17.1 Å². The molecule has 1 aromatic carbocycles. The van der Waals surface area contributed by atoms with E-state index in [-0.39, 0.29) is 10.8 Å². The van der Waals surface area contributed by atoms with Crippen molar-refractivity contribution in [3.05, 3.63) is 77.2 Å². The Kier molecular flexibility index (Phi) is 4.98. The van der Waals surface area contributed by atoms with Crippen LogP contribution in [0.25, 0.3) is 0 Å². The third-order valence-corrected chi connectivity index (χ3v) is 5.81. The number of hydrogen-bond donors (Lipinski definition) is 1. The van der Waals surface area contributed by atoms with E-state index >= 15 is 0 Å². The first-order valence-electron chi connectivity index (χ1n) is 9.07. The van der Waals surface area contributed by atoms with E-state index in [1.54, 1.807) is 0 Å². The number of allylic oxidation sites excluding steroid dienone is 6. The molecule has 0 saturated carbocycles. The van der Waals surface area contributed by atoms with Crippen LogP contribution in [0.3, 0.4) is 0 Å². The number of hydrogen-bond acceptors (Lipinski definition) is 2. The summed E-state index contributed by atoms with van der Waals surface area (Å²) in [4.78, 5) is 4.82. The van der Waals surface area contributed by atoms with Gasteiger partial charge in [0.2, 0.25) is 0 Å². The first-order chi connectivity index (χ1) is 12.3. The van der Waals surface area contributed by atoms with E-state index < -0.39 is 0 Å². The molecule has 0 unspecified atom stereocenters. The molecule has 1 N–H and O–H groups in total. The molecule has 2 nitrogen and oxygen atoms in total. The number of aliphatic imine (C=N–C) groups is 1. The third-order valence-electron chi connectivity index (χ3n) is 5.63. The van der Waals surface area contributed by atoms with Gasteiger partial charge in [0.05, 0.1) is 11.4 Å². The summed E-state index contributed by atoms with van der Waals surface area (Å²) in [5, 5.41) is 3.53. The molecule has 0 aliphatic carbocycles. The molecule has 0 saturated heterocycles. The van der Waals surface area contributed by atoms with Crippen LogP contribution < -0.4 is 5.32 Å². The maximum absolute atomic E-state index is 5.78. The molecule has 3 rings (SSSR count). The van der Waals surface area contributed by atoms with Crippen LogP contribution in [0.15, 0.2) is 76.6 Å². The molecule has 0 atom stereocenters. The van der Waals surface area contributed by atoms with E-state index in [0.29, 0.717) is 5.88 Å². The predicted molar refractivity (Wildman–Crippen MR) is 113 cm³/mol. The normalized spacial score (nSPS) is 22.4. The van der Waals surface area contributed by atoms with Crippen LogP contribution >= 0.6 is 11.6 Å². The molecule has 2 aliphatic heterocycles. The Hall–Kier alpha value is -2.06. The number of nitrogens with zero attached hydrogens (tertiary/aromatic N) is 1. The second-order valence-corrected chi connectivity index (χ2v) is 8.23. The van der Waals surface area contributed by atoms with Gasteiger partial charge in [-0.05, 0) is 42.4 Å². The molecule has 2 heterocycles. The molecule has 2 aliphatic rings. The topological polar surface area (TPSA) is 24.4 Å². The Morgan fingerprint density at radius 2 is 1.81 bits per heavy atom. The summed E-state index contributed by atoms with van der Waals surface area (Å²) in [6.45, 7) is 11.1. The van der Waals surface area contributed by atoms with Crippen LogP contribution in [0.5, 0.6) is 0 Å². The van der Waals surface area contributed by atoms with Crippen molar-refractivity contribution in [3.63, 3.8) is 0 Å². The van der Waals surface area contributed by atoms with Crippen LogP contribution in [-0.2, 0) is 5.41 Å². The van der Waals surface area contributed by atoms with Gasteiger partial charge in [-0.2, -0.15) is 0 Å². The monoisotopic (exact) mass is 366 g/mol. The minimum atomic E-state index is -0.0629. The van der Waals surface area contributed by atoms with Gasteiger partial charge in [0.1, 0.15) is 0 Å². The summed E-state index contributed by atoms with van der Waals surface area (Å²) in [5.74, 6) is 0.521. The predicted octanol–water partition coefficient (Wildman–Crippen LogP) is 6.19. The first-order valence-corrected chi connectivity index (χ1v) is 9.60. The highest BCUT2D eigenvalue weighted by Crippen LogP contribution is 2.41. The van der Waals surface area contributed by atoms with E-state index in [1.807, 2.05) is 12.1 Å². The molecule has 0 aromatic heterocycles. The fraction of sp³-hybridized carbons (Fsp3) is 0.348. The second kappa shape index (κ2) is 6.92. The van der Waals surface area contributed by atoms with Crippen LogP contribution in [0.2, 0.25) is 0 Å². The van der Waals surface area contributed by atoms with Crippen LogP contribution in [0, 0.1) is 5.41 Å². The molecule has 26 heavy (non-hydrogen) atoms. The van der Waals surface area contributed by atoms with Crippen LogP contribution in [0.4, 0.5) is 5.69 Å². The quantitative estimate of drug-likeness (QED) is 0.631. The molecule has 1 aromatic rings. The lowest BCUT2D eigenvalue weighted by Gasteiger charge is -2.21. The first kappa shape index (κ1) is 18.7. The molecule has 0 radical (unpaired) electrons. The average Bonchev–Trinajstić information content (AvgIpc) is 2.98. The van der Waals surface area contributed by atoms with Gasteiger partial charge in [0, 0.05) is 28.1 Å². The summed E-state index contributed by atoms with van der Waals surface area (Å²) in [5.41, 5.74) is 7.03. The van der Waals surface area contributed by atoms with E-state index in [2.05, 4.69) is 82.4 Å². The fourth-order valence-electron chi connectivity index (χ4n) is 3.50. The minimum Gasteiger partial charge on any atom is -0.358 e. The number of benzene rings is 1. The van der Waals surface area contributed by atoms with Crippen LogP contribution in [-0.4, -0.2) is 11.6 Å². The maximum atomic E-state index is 5.78. The summed E-state index contributed by atoms with van der Waals surface area (Å²) >= 11 is 5.78. The SMILES string of the molecule is CC1=C(/C=C\CCl)N/C(=C/C=C/C2=Nc3ccccc3C2(C)C)C1(C)C. The Morgan fingerprint density at radius 1 is 1.08 bits per heavy atom. The van der Waals surface area contributed by atoms with Crippen molar-refractivity contribution in [3.8, 4) is 0 Å². The molecular formula is C23H27ClN2. The van der Waals surface area contributed by atoms with Gasteiger partial charge in [-0.1, -0.05) is 58.0 Å². The molecule has 0 bridgehead atoms.